The first-order valence-corrected chi connectivity index (χ1v) is 11.9. The fraction of sp³-hybridized carbons (Fsp3) is 0.0370. The SMILES string of the molecule is Cc1c(C#N)c(Nc2ccccc2)nc(N)c1/N=N/c1c(Cl)cc(Cl)c2c1C(=O)c1cccc(O)c1C2=O. The number of nitrogens with one attached hydrogen (secondary N) is 1. The van der Waals surface area contributed by atoms with Gasteiger partial charge in [0.15, 0.2) is 23.2 Å². The Hall–Kier alpha value is -4.78. The molecular weight excluding hydrogens is 527 g/mol. The third-order valence-electron chi connectivity index (χ3n) is 6.01. The van der Waals surface area contributed by atoms with Crippen LogP contribution in [0.5, 0.6) is 5.75 Å². The van der Waals surface area contributed by atoms with Crippen molar-refractivity contribution in [2.45, 2.75) is 6.92 Å². The number of carbonyl (C=O) groups is 2. The molecule has 186 valence electrons. The second kappa shape index (κ2) is 9.59. The summed E-state index contributed by atoms with van der Waals surface area (Å²) in [4.78, 5) is 30.9. The lowest BCUT2D eigenvalue weighted by molar-refractivity contribution is 0.0977. The Morgan fingerprint density at radius 3 is 2.37 bits per heavy atom. The molecule has 1 heterocycles. The molecule has 0 atom stereocenters. The van der Waals surface area contributed by atoms with Gasteiger partial charge in [-0.25, -0.2) is 4.98 Å². The molecule has 0 unspecified atom stereocenters. The lowest BCUT2D eigenvalue weighted by Crippen LogP contribution is -2.21. The number of rotatable bonds is 4. The summed E-state index contributed by atoms with van der Waals surface area (Å²) in [6.07, 6.45) is 0. The van der Waals surface area contributed by atoms with Crippen molar-refractivity contribution in [2.75, 3.05) is 11.1 Å². The molecule has 0 saturated heterocycles. The number of carbonyl (C=O) groups excluding carboxylic acids is 2. The lowest BCUT2D eigenvalue weighted by Gasteiger charge is -2.21. The van der Waals surface area contributed by atoms with Crippen LogP contribution in [0.3, 0.4) is 0 Å². The van der Waals surface area contributed by atoms with E-state index < -0.39 is 11.6 Å². The summed E-state index contributed by atoms with van der Waals surface area (Å²) < 4.78 is 0. The summed E-state index contributed by atoms with van der Waals surface area (Å²) in [5.41, 5.74) is 6.98. The van der Waals surface area contributed by atoms with Gasteiger partial charge in [0, 0.05) is 16.8 Å². The number of azo groups is 1. The van der Waals surface area contributed by atoms with Crippen molar-refractivity contribution in [3.8, 4) is 11.8 Å². The number of phenols is 1. The minimum atomic E-state index is -0.647. The van der Waals surface area contributed by atoms with Crippen LogP contribution < -0.4 is 11.1 Å². The number of pyridine rings is 1. The molecule has 1 aliphatic carbocycles. The topological polar surface area (TPSA) is 154 Å². The average Bonchev–Trinajstić information content (AvgIpc) is 2.88. The van der Waals surface area contributed by atoms with E-state index in [9.17, 15) is 20.0 Å². The molecule has 0 radical (unpaired) electrons. The normalized spacial score (nSPS) is 12.3. The molecule has 0 aliphatic heterocycles. The van der Waals surface area contributed by atoms with Gasteiger partial charge in [0.2, 0.25) is 0 Å². The monoisotopic (exact) mass is 542 g/mol. The number of nitriles is 1. The Kier molecular flexibility index (Phi) is 6.28. The van der Waals surface area contributed by atoms with Gasteiger partial charge in [-0.1, -0.05) is 53.5 Å². The van der Waals surface area contributed by atoms with Gasteiger partial charge in [0.05, 0.1) is 32.3 Å². The van der Waals surface area contributed by atoms with Crippen molar-refractivity contribution >= 4 is 63.5 Å². The van der Waals surface area contributed by atoms with E-state index in [-0.39, 0.29) is 66.6 Å². The van der Waals surface area contributed by atoms with Crippen molar-refractivity contribution in [3.63, 3.8) is 0 Å². The van der Waals surface area contributed by atoms with Crippen LogP contribution in [0.25, 0.3) is 0 Å². The van der Waals surface area contributed by atoms with Gasteiger partial charge in [0.25, 0.3) is 0 Å². The number of aromatic hydroxyl groups is 1. The molecule has 5 rings (SSSR count). The zero-order valence-corrected chi connectivity index (χ0v) is 21.1. The van der Waals surface area contributed by atoms with Gasteiger partial charge in [-0.2, -0.15) is 5.26 Å². The minimum Gasteiger partial charge on any atom is -0.507 e. The number of aromatic nitrogens is 1. The number of benzene rings is 3. The number of para-hydroxylation sites is 1. The first-order chi connectivity index (χ1) is 18.2. The molecule has 1 aliphatic rings. The van der Waals surface area contributed by atoms with Crippen molar-refractivity contribution in [2.24, 2.45) is 10.2 Å². The number of anilines is 3. The van der Waals surface area contributed by atoms with E-state index in [1.54, 1.807) is 6.92 Å². The molecule has 9 nitrogen and oxygen atoms in total. The lowest BCUT2D eigenvalue weighted by atomic mass is 9.82. The van der Waals surface area contributed by atoms with E-state index in [4.69, 9.17) is 28.9 Å². The smallest absolute Gasteiger partial charge is 0.199 e. The third-order valence-corrected chi connectivity index (χ3v) is 6.60. The first-order valence-electron chi connectivity index (χ1n) is 11.1. The van der Waals surface area contributed by atoms with Crippen molar-refractivity contribution < 1.29 is 14.7 Å². The molecular formula is C27H16Cl2N6O3. The predicted molar refractivity (Wildman–Crippen MR) is 143 cm³/mol. The van der Waals surface area contributed by atoms with Crippen LogP contribution in [0.1, 0.15) is 43.0 Å². The highest BCUT2D eigenvalue weighted by atomic mass is 35.5. The van der Waals surface area contributed by atoms with Gasteiger partial charge in [-0.05, 0) is 31.2 Å². The molecule has 4 aromatic rings. The van der Waals surface area contributed by atoms with Gasteiger partial charge in [-0.3, -0.25) is 9.59 Å². The number of hydrogen-bond donors (Lipinski definition) is 3. The van der Waals surface area contributed by atoms with E-state index >= 15 is 0 Å². The Morgan fingerprint density at radius 2 is 1.66 bits per heavy atom. The van der Waals surface area contributed by atoms with Gasteiger partial charge >= 0.3 is 0 Å². The Morgan fingerprint density at radius 1 is 0.947 bits per heavy atom. The van der Waals surface area contributed by atoms with Crippen molar-refractivity contribution in [3.05, 3.63) is 98.0 Å². The molecule has 0 bridgehead atoms. The minimum absolute atomic E-state index is 0.0160. The molecule has 3 aromatic carbocycles. The number of hydrogen-bond acceptors (Lipinski definition) is 9. The van der Waals surface area contributed by atoms with Crippen molar-refractivity contribution in [1.29, 1.82) is 5.26 Å². The number of phenolic OH excluding ortho intramolecular Hbond substituents is 1. The fourth-order valence-electron chi connectivity index (χ4n) is 4.21. The van der Waals surface area contributed by atoms with E-state index in [2.05, 4.69) is 26.6 Å². The Labute approximate surface area is 226 Å². The number of nitrogens with zero attached hydrogens (tertiary/aromatic N) is 4. The highest BCUT2D eigenvalue weighted by Crippen LogP contribution is 2.44. The number of nitrogen functional groups attached to an aromatic ring is 1. The first kappa shape index (κ1) is 24.9. The molecule has 0 spiro atoms. The van der Waals surface area contributed by atoms with E-state index in [1.165, 1.54) is 24.3 Å². The maximum Gasteiger partial charge on any atom is 0.199 e. The van der Waals surface area contributed by atoms with Gasteiger partial charge in [0.1, 0.15) is 23.2 Å². The zero-order chi connectivity index (χ0) is 27.1. The van der Waals surface area contributed by atoms with Crippen LogP contribution in [-0.4, -0.2) is 21.7 Å². The standard InChI is InChI=1S/C27H16Cl2N6O3/c1-12-15(11-30)27(32-13-6-3-2-4-7-13)33-26(31)22(12)34-35-23-17(29)10-16(28)20-21(23)24(37)14-8-5-9-18(36)19(14)25(20)38/h2-10,36H,1H3,(H3,31,32,33)/b35-34+. The number of halogens is 2. The number of nitrogens with two attached hydrogens (primary N) is 1. The Balaban J connectivity index is 1.63. The molecule has 4 N–H and O–H groups in total. The van der Waals surface area contributed by atoms with Crippen LogP contribution in [0, 0.1) is 18.3 Å². The summed E-state index contributed by atoms with van der Waals surface area (Å²) in [7, 11) is 0. The molecule has 11 heteroatoms. The summed E-state index contributed by atoms with van der Waals surface area (Å²) in [6.45, 7) is 1.63. The molecule has 38 heavy (non-hydrogen) atoms. The third kappa shape index (κ3) is 4.02. The second-order valence-electron chi connectivity index (χ2n) is 8.29. The summed E-state index contributed by atoms with van der Waals surface area (Å²) >= 11 is 12.7. The zero-order valence-electron chi connectivity index (χ0n) is 19.6. The van der Waals surface area contributed by atoms with Crippen molar-refractivity contribution in [1.82, 2.24) is 4.98 Å². The van der Waals surface area contributed by atoms with Crippen LogP contribution in [0.15, 0.2) is 64.8 Å². The quantitative estimate of drug-likeness (QED) is 0.211. The number of ketones is 2. The average molecular weight is 543 g/mol. The maximum absolute atomic E-state index is 13.4. The summed E-state index contributed by atoms with van der Waals surface area (Å²) in [6, 6.07) is 16.7. The van der Waals surface area contributed by atoms with Crippen LogP contribution in [-0.2, 0) is 0 Å². The highest BCUT2D eigenvalue weighted by Gasteiger charge is 2.37. The molecule has 1 aromatic heterocycles. The van der Waals surface area contributed by atoms with E-state index in [1.807, 2.05) is 30.3 Å². The second-order valence-corrected chi connectivity index (χ2v) is 9.11. The maximum atomic E-state index is 13.4. The van der Waals surface area contributed by atoms with Crippen LogP contribution >= 0.6 is 23.2 Å². The van der Waals surface area contributed by atoms with E-state index in [0.717, 1.165) is 0 Å². The summed E-state index contributed by atoms with van der Waals surface area (Å²) in [5, 5.41) is 31.3. The highest BCUT2D eigenvalue weighted by molar-refractivity contribution is 6.43. The molecule has 0 amide bonds. The summed E-state index contributed by atoms with van der Waals surface area (Å²) in [5.74, 6) is -1.38. The number of fused-ring (bicyclic) bond motifs is 2. The Bertz CT molecular complexity index is 1750. The van der Waals surface area contributed by atoms with Gasteiger partial charge in [-0.15, -0.1) is 10.2 Å². The molecule has 0 fully saturated rings. The fourth-order valence-corrected chi connectivity index (χ4v) is 4.79. The van der Waals surface area contributed by atoms with E-state index in [0.29, 0.717) is 11.3 Å². The van der Waals surface area contributed by atoms with Crippen LogP contribution in [0.2, 0.25) is 10.0 Å². The molecule has 0 saturated carbocycles. The largest absolute Gasteiger partial charge is 0.507 e. The predicted octanol–water partition coefficient (Wildman–Crippen LogP) is 6.79. The van der Waals surface area contributed by atoms with Crippen LogP contribution in [0.4, 0.5) is 28.7 Å². The van der Waals surface area contributed by atoms with Gasteiger partial charge < -0.3 is 16.2 Å².